The van der Waals surface area contributed by atoms with Crippen LogP contribution in [0.5, 0.6) is 0 Å². The van der Waals surface area contributed by atoms with Gasteiger partial charge in [-0.3, -0.25) is 4.98 Å². The first kappa shape index (κ1) is 7.03. The van der Waals surface area contributed by atoms with Crippen LogP contribution in [0.2, 0.25) is 0 Å². The molecule has 2 N–H and O–H groups in total. The molecule has 0 saturated carbocycles. The van der Waals surface area contributed by atoms with E-state index in [9.17, 15) is 0 Å². The molecule has 0 bridgehead atoms. The number of rotatable bonds is 0. The fraction of sp³-hybridized carbons (Fsp3) is 0.111. The van der Waals surface area contributed by atoms with Gasteiger partial charge in [-0.2, -0.15) is 0 Å². The summed E-state index contributed by atoms with van der Waals surface area (Å²) >= 11 is 0. The molecular formula is C9H9N3. The van der Waals surface area contributed by atoms with Crippen molar-refractivity contribution in [3.05, 3.63) is 30.1 Å². The van der Waals surface area contributed by atoms with Crippen LogP contribution in [0.15, 0.2) is 24.5 Å². The summed E-state index contributed by atoms with van der Waals surface area (Å²) in [6.07, 6.45) is 3.50. The summed E-state index contributed by atoms with van der Waals surface area (Å²) in [6, 6.07) is 3.87. The summed E-state index contributed by atoms with van der Waals surface area (Å²) in [5.41, 5.74) is 7.55. The molecule has 0 aliphatic carbocycles. The maximum atomic E-state index is 5.54. The Balaban J connectivity index is 2.80. The van der Waals surface area contributed by atoms with Gasteiger partial charge < -0.3 is 5.73 Å². The predicted molar refractivity (Wildman–Crippen MR) is 48.7 cm³/mol. The monoisotopic (exact) mass is 159 g/mol. The third-order valence-corrected chi connectivity index (χ3v) is 1.73. The molecule has 0 fully saturated rings. The Bertz CT molecular complexity index is 386. The molecule has 2 aromatic heterocycles. The Morgan fingerprint density at radius 2 is 2.00 bits per heavy atom. The number of anilines is 1. The summed E-state index contributed by atoms with van der Waals surface area (Å²) in [5.74, 6) is 0.537. The number of fused-ring (bicyclic) bond motifs is 1. The minimum absolute atomic E-state index is 0.537. The minimum atomic E-state index is 0.537. The molecule has 0 unspecified atom stereocenters. The van der Waals surface area contributed by atoms with Crippen LogP contribution in [0, 0.1) is 6.92 Å². The van der Waals surface area contributed by atoms with Crippen molar-refractivity contribution in [3.8, 4) is 0 Å². The standard InChI is InChI=1S/C9H9N3/c1-6-2-7-3-9(10)12-5-8(7)11-4-6/h2-5H,1H3,(H2,10,12). The first-order valence-corrected chi connectivity index (χ1v) is 3.73. The van der Waals surface area contributed by atoms with Gasteiger partial charge in [0.1, 0.15) is 5.82 Å². The highest BCUT2D eigenvalue weighted by molar-refractivity contribution is 5.80. The number of pyridine rings is 2. The molecule has 2 heterocycles. The molecule has 60 valence electrons. The van der Waals surface area contributed by atoms with Crippen LogP contribution in [0.25, 0.3) is 10.9 Å². The number of aryl methyl sites for hydroxylation is 1. The lowest BCUT2D eigenvalue weighted by Gasteiger charge is -1.98. The molecular weight excluding hydrogens is 150 g/mol. The Hall–Kier alpha value is -1.64. The summed E-state index contributed by atoms with van der Waals surface area (Å²) in [7, 11) is 0. The molecule has 0 spiro atoms. The zero-order chi connectivity index (χ0) is 8.55. The number of aromatic nitrogens is 2. The topological polar surface area (TPSA) is 51.8 Å². The summed E-state index contributed by atoms with van der Waals surface area (Å²) in [6.45, 7) is 2.00. The van der Waals surface area contributed by atoms with Crippen molar-refractivity contribution < 1.29 is 0 Å². The van der Waals surface area contributed by atoms with Gasteiger partial charge in [0.15, 0.2) is 0 Å². The van der Waals surface area contributed by atoms with Crippen molar-refractivity contribution in [2.24, 2.45) is 0 Å². The van der Waals surface area contributed by atoms with Crippen molar-refractivity contribution in [1.29, 1.82) is 0 Å². The van der Waals surface area contributed by atoms with E-state index < -0.39 is 0 Å². The fourth-order valence-electron chi connectivity index (χ4n) is 1.16. The lowest BCUT2D eigenvalue weighted by Crippen LogP contribution is -1.90. The average molecular weight is 159 g/mol. The zero-order valence-electron chi connectivity index (χ0n) is 6.78. The van der Waals surface area contributed by atoms with E-state index in [4.69, 9.17) is 5.73 Å². The van der Waals surface area contributed by atoms with E-state index in [1.807, 2.05) is 25.3 Å². The van der Waals surface area contributed by atoms with Crippen LogP contribution in [-0.2, 0) is 0 Å². The Morgan fingerprint density at radius 3 is 2.83 bits per heavy atom. The normalized spacial score (nSPS) is 10.4. The van der Waals surface area contributed by atoms with E-state index >= 15 is 0 Å². The lowest BCUT2D eigenvalue weighted by atomic mass is 10.2. The van der Waals surface area contributed by atoms with Crippen molar-refractivity contribution in [2.45, 2.75) is 6.92 Å². The van der Waals surface area contributed by atoms with Crippen molar-refractivity contribution in [1.82, 2.24) is 9.97 Å². The first-order valence-electron chi connectivity index (χ1n) is 3.73. The van der Waals surface area contributed by atoms with Crippen LogP contribution in [0.3, 0.4) is 0 Å². The molecule has 0 atom stereocenters. The molecule has 2 rings (SSSR count). The van der Waals surface area contributed by atoms with E-state index in [1.54, 1.807) is 6.20 Å². The number of hydrogen-bond acceptors (Lipinski definition) is 3. The number of nitrogens with zero attached hydrogens (tertiary/aromatic N) is 2. The van der Waals surface area contributed by atoms with Gasteiger partial charge in [-0.25, -0.2) is 4.98 Å². The highest BCUT2D eigenvalue weighted by Gasteiger charge is 1.95. The molecule has 0 radical (unpaired) electrons. The molecule has 0 aliphatic heterocycles. The first-order chi connectivity index (χ1) is 5.75. The van der Waals surface area contributed by atoms with Crippen LogP contribution in [0.1, 0.15) is 5.56 Å². The molecule has 3 heteroatoms. The van der Waals surface area contributed by atoms with Gasteiger partial charge >= 0.3 is 0 Å². The third-order valence-electron chi connectivity index (χ3n) is 1.73. The third kappa shape index (κ3) is 1.09. The second kappa shape index (κ2) is 2.44. The second-order valence-corrected chi connectivity index (χ2v) is 2.81. The van der Waals surface area contributed by atoms with Crippen LogP contribution in [-0.4, -0.2) is 9.97 Å². The van der Waals surface area contributed by atoms with Crippen molar-refractivity contribution in [2.75, 3.05) is 5.73 Å². The molecule has 12 heavy (non-hydrogen) atoms. The zero-order valence-corrected chi connectivity index (χ0v) is 6.78. The summed E-state index contributed by atoms with van der Waals surface area (Å²) < 4.78 is 0. The maximum absolute atomic E-state index is 5.54. The molecule has 0 saturated heterocycles. The van der Waals surface area contributed by atoms with Gasteiger partial charge in [-0.1, -0.05) is 0 Å². The Morgan fingerprint density at radius 1 is 1.17 bits per heavy atom. The van der Waals surface area contributed by atoms with E-state index in [-0.39, 0.29) is 0 Å². The van der Waals surface area contributed by atoms with Gasteiger partial charge in [0.25, 0.3) is 0 Å². The Labute approximate surface area is 70.3 Å². The van der Waals surface area contributed by atoms with Crippen LogP contribution < -0.4 is 5.73 Å². The van der Waals surface area contributed by atoms with Gasteiger partial charge in [0.05, 0.1) is 11.7 Å². The van der Waals surface area contributed by atoms with Gasteiger partial charge in [0, 0.05) is 11.6 Å². The predicted octanol–water partition coefficient (Wildman–Crippen LogP) is 1.52. The largest absolute Gasteiger partial charge is 0.384 e. The average Bonchev–Trinajstić information content (AvgIpc) is 2.03. The van der Waals surface area contributed by atoms with E-state index in [2.05, 4.69) is 9.97 Å². The van der Waals surface area contributed by atoms with Gasteiger partial charge in [0.2, 0.25) is 0 Å². The minimum Gasteiger partial charge on any atom is -0.384 e. The van der Waals surface area contributed by atoms with Crippen molar-refractivity contribution in [3.63, 3.8) is 0 Å². The second-order valence-electron chi connectivity index (χ2n) is 2.81. The number of hydrogen-bond donors (Lipinski definition) is 1. The molecule has 3 nitrogen and oxygen atoms in total. The molecule has 2 aromatic rings. The highest BCUT2D eigenvalue weighted by Crippen LogP contribution is 2.13. The number of nitrogens with two attached hydrogens (primary N) is 1. The van der Waals surface area contributed by atoms with E-state index in [0.717, 1.165) is 16.5 Å². The van der Waals surface area contributed by atoms with Gasteiger partial charge in [-0.05, 0) is 24.6 Å². The smallest absolute Gasteiger partial charge is 0.124 e. The lowest BCUT2D eigenvalue weighted by molar-refractivity contribution is 1.29. The number of nitrogen functional groups attached to an aromatic ring is 1. The quantitative estimate of drug-likeness (QED) is 0.634. The highest BCUT2D eigenvalue weighted by atomic mass is 14.8. The van der Waals surface area contributed by atoms with E-state index in [0.29, 0.717) is 5.82 Å². The Kier molecular flexibility index (Phi) is 1.43. The van der Waals surface area contributed by atoms with Crippen molar-refractivity contribution >= 4 is 16.7 Å². The van der Waals surface area contributed by atoms with Gasteiger partial charge in [-0.15, -0.1) is 0 Å². The summed E-state index contributed by atoms with van der Waals surface area (Å²) in [5, 5.41) is 1.04. The molecule has 0 aromatic carbocycles. The SMILES string of the molecule is Cc1cnc2cnc(N)cc2c1. The van der Waals surface area contributed by atoms with E-state index in [1.165, 1.54) is 0 Å². The molecule has 0 amide bonds. The van der Waals surface area contributed by atoms with Crippen LogP contribution in [0.4, 0.5) is 5.82 Å². The summed E-state index contributed by atoms with van der Waals surface area (Å²) in [4.78, 5) is 8.16. The molecule has 0 aliphatic rings. The van der Waals surface area contributed by atoms with Crippen LogP contribution >= 0.6 is 0 Å². The maximum Gasteiger partial charge on any atom is 0.124 e. The fourth-order valence-corrected chi connectivity index (χ4v) is 1.16.